The zero-order chi connectivity index (χ0) is 17.5. The van der Waals surface area contributed by atoms with Gasteiger partial charge in [0.25, 0.3) is 5.91 Å². The van der Waals surface area contributed by atoms with E-state index in [-0.39, 0.29) is 18.4 Å². The summed E-state index contributed by atoms with van der Waals surface area (Å²) in [7, 11) is 3.44. The van der Waals surface area contributed by atoms with Crippen LogP contribution in [0.4, 0.5) is 5.69 Å². The fraction of sp³-hybridized carbons (Fsp3) is 0.222. The van der Waals surface area contributed by atoms with E-state index in [2.05, 4.69) is 5.32 Å². The van der Waals surface area contributed by atoms with Crippen LogP contribution in [0.3, 0.4) is 0 Å². The Hall–Kier alpha value is -2.53. The number of nitrogens with one attached hydrogen (secondary N) is 1. The van der Waals surface area contributed by atoms with E-state index in [4.69, 9.17) is 16.3 Å². The van der Waals surface area contributed by atoms with Crippen LogP contribution in [0.25, 0.3) is 0 Å². The maximum atomic E-state index is 11.9. The maximum absolute atomic E-state index is 11.9. The second-order valence-electron chi connectivity index (χ2n) is 5.45. The summed E-state index contributed by atoms with van der Waals surface area (Å²) in [6, 6.07) is 14.0. The molecule has 24 heavy (non-hydrogen) atoms. The minimum Gasteiger partial charge on any atom is -0.484 e. The van der Waals surface area contributed by atoms with E-state index in [0.29, 0.717) is 22.9 Å². The molecule has 6 heteroatoms. The minimum absolute atomic E-state index is 0.0307. The number of halogens is 1. The van der Waals surface area contributed by atoms with Gasteiger partial charge in [0, 0.05) is 24.8 Å². The number of nitrogens with zero attached hydrogens (tertiary/aromatic N) is 1. The summed E-state index contributed by atoms with van der Waals surface area (Å²) >= 11 is 5.78. The molecule has 126 valence electrons. The van der Waals surface area contributed by atoms with E-state index in [0.717, 1.165) is 5.56 Å². The molecule has 2 amide bonds. The van der Waals surface area contributed by atoms with Crippen LogP contribution in [-0.2, 0) is 16.0 Å². The van der Waals surface area contributed by atoms with Crippen molar-refractivity contribution in [3.05, 3.63) is 59.1 Å². The lowest BCUT2D eigenvalue weighted by Crippen LogP contribution is -2.23. The monoisotopic (exact) mass is 346 g/mol. The molecule has 0 unspecified atom stereocenters. The molecule has 0 aromatic heterocycles. The molecule has 2 rings (SSSR count). The lowest BCUT2D eigenvalue weighted by atomic mass is 10.1. The highest BCUT2D eigenvalue weighted by atomic mass is 35.5. The third kappa shape index (κ3) is 5.59. The highest BCUT2D eigenvalue weighted by molar-refractivity contribution is 6.30. The van der Waals surface area contributed by atoms with E-state index in [1.165, 1.54) is 0 Å². The van der Waals surface area contributed by atoms with Crippen molar-refractivity contribution in [3.8, 4) is 5.75 Å². The molecule has 2 aromatic carbocycles. The highest BCUT2D eigenvalue weighted by Gasteiger charge is 2.07. The molecule has 0 saturated carbocycles. The van der Waals surface area contributed by atoms with Crippen LogP contribution in [0.15, 0.2) is 48.5 Å². The van der Waals surface area contributed by atoms with E-state index >= 15 is 0 Å². The van der Waals surface area contributed by atoms with Crippen LogP contribution in [0.5, 0.6) is 5.75 Å². The molecule has 0 atom stereocenters. The third-order valence-corrected chi connectivity index (χ3v) is 3.53. The van der Waals surface area contributed by atoms with E-state index < -0.39 is 0 Å². The van der Waals surface area contributed by atoms with Crippen molar-refractivity contribution < 1.29 is 14.3 Å². The first kappa shape index (κ1) is 17.8. The van der Waals surface area contributed by atoms with Crippen molar-refractivity contribution in [2.45, 2.75) is 6.42 Å². The van der Waals surface area contributed by atoms with Gasteiger partial charge >= 0.3 is 0 Å². The van der Waals surface area contributed by atoms with Crippen LogP contribution in [0.2, 0.25) is 5.02 Å². The Labute approximate surface area is 146 Å². The van der Waals surface area contributed by atoms with Gasteiger partial charge in [-0.25, -0.2) is 0 Å². The lowest BCUT2D eigenvalue weighted by molar-refractivity contribution is -0.128. The number of likely N-dealkylation sites (N-methyl/N-ethyl adjacent to an activating group) is 1. The minimum atomic E-state index is -0.262. The van der Waals surface area contributed by atoms with Gasteiger partial charge in [-0.3, -0.25) is 9.59 Å². The molecule has 0 bridgehead atoms. The number of carbonyl (C=O) groups excluding carboxylic acids is 2. The number of rotatable bonds is 6. The zero-order valence-corrected chi connectivity index (χ0v) is 14.3. The van der Waals surface area contributed by atoms with Crippen molar-refractivity contribution in [3.63, 3.8) is 0 Å². The predicted molar refractivity (Wildman–Crippen MR) is 94.4 cm³/mol. The average molecular weight is 347 g/mol. The molecule has 0 saturated heterocycles. The Morgan fingerprint density at radius 3 is 2.25 bits per heavy atom. The Morgan fingerprint density at radius 1 is 1.04 bits per heavy atom. The van der Waals surface area contributed by atoms with E-state index in [9.17, 15) is 9.59 Å². The van der Waals surface area contributed by atoms with Gasteiger partial charge < -0.3 is 15.0 Å². The van der Waals surface area contributed by atoms with Crippen molar-refractivity contribution in [2.24, 2.45) is 0 Å². The van der Waals surface area contributed by atoms with Crippen molar-refractivity contribution in [1.29, 1.82) is 0 Å². The quantitative estimate of drug-likeness (QED) is 0.874. The topological polar surface area (TPSA) is 58.6 Å². The van der Waals surface area contributed by atoms with Gasteiger partial charge in [-0.2, -0.15) is 0 Å². The molecule has 0 aliphatic carbocycles. The third-order valence-electron chi connectivity index (χ3n) is 3.28. The van der Waals surface area contributed by atoms with Gasteiger partial charge in [-0.15, -0.1) is 0 Å². The molecule has 0 fully saturated rings. The molecule has 5 nitrogen and oxygen atoms in total. The number of benzene rings is 2. The fourth-order valence-corrected chi connectivity index (χ4v) is 2.04. The summed E-state index contributed by atoms with van der Waals surface area (Å²) in [4.78, 5) is 25.1. The second-order valence-corrected chi connectivity index (χ2v) is 5.89. The summed E-state index contributed by atoms with van der Waals surface area (Å²) in [5.41, 5.74) is 1.55. The summed E-state index contributed by atoms with van der Waals surface area (Å²) in [5.74, 6) is 0.345. The van der Waals surface area contributed by atoms with Gasteiger partial charge in [0.2, 0.25) is 5.91 Å². The van der Waals surface area contributed by atoms with Crippen LogP contribution < -0.4 is 10.1 Å². The molecule has 0 radical (unpaired) electrons. The van der Waals surface area contributed by atoms with Crippen LogP contribution >= 0.6 is 11.6 Å². The smallest absolute Gasteiger partial charge is 0.262 e. The zero-order valence-electron chi connectivity index (χ0n) is 13.6. The number of hydrogen-bond donors (Lipinski definition) is 1. The first-order chi connectivity index (χ1) is 11.4. The maximum Gasteiger partial charge on any atom is 0.262 e. The standard InChI is InChI=1S/C18H19ClN2O3/c1-21(2)18(23)11-13-3-7-15(8-4-13)20-17(22)12-24-16-9-5-14(19)6-10-16/h3-10H,11-12H2,1-2H3,(H,20,22). The fourth-order valence-electron chi connectivity index (χ4n) is 1.92. The Morgan fingerprint density at radius 2 is 1.67 bits per heavy atom. The summed E-state index contributed by atoms with van der Waals surface area (Å²) in [6.07, 6.45) is 0.334. The van der Waals surface area contributed by atoms with Gasteiger partial charge in [0.05, 0.1) is 6.42 Å². The predicted octanol–water partition coefficient (Wildman–Crippen LogP) is 2.99. The normalized spacial score (nSPS) is 10.1. The number of ether oxygens (including phenoxy) is 1. The molecule has 0 spiro atoms. The van der Waals surface area contributed by atoms with E-state index in [1.54, 1.807) is 55.4 Å². The van der Waals surface area contributed by atoms with Gasteiger partial charge in [-0.05, 0) is 42.0 Å². The molecule has 0 heterocycles. The number of carbonyl (C=O) groups is 2. The number of hydrogen-bond acceptors (Lipinski definition) is 3. The summed E-state index contributed by atoms with van der Waals surface area (Å²) < 4.78 is 5.38. The SMILES string of the molecule is CN(C)C(=O)Cc1ccc(NC(=O)COc2ccc(Cl)cc2)cc1. The van der Waals surface area contributed by atoms with E-state index in [1.807, 2.05) is 12.1 Å². The Bertz CT molecular complexity index is 697. The van der Waals surface area contributed by atoms with Gasteiger partial charge in [-0.1, -0.05) is 23.7 Å². The highest BCUT2D eigenvalue weighted by Crippen LogP contribution is 2.15. The Kier molecular flexibility index (Phi) is 6.21. The Balaban J connectivity index is 1.83. The molecule has 0 aliphatic rings. The first-order valence-electron chi connectivity index (χ1n) is 7.41. The number of amides is 2. The summed E-state index contributed by atoms with van der Waals surface area (Å²) in [6.45, 7) is -0.0947. The van der Waals surface area contributed by atoms with Crippen molar-refractivity contribution >= 4 is 29.1 Å². The van der Waals surface area contributed by atoms with Crippen molar-refractivity contribution in [2.75, 3.05) is 26.0 Å². The van der Waals surface area contributed by atoms with Gasteiger partial charge in [0.15, 0.2) is 6.61 Å². The molecule has 2 aromatic rings. The lowest BCUT2D eigenvalue weighted by Gasteiger charge is -2.11. The first-order valence-corrected chi connectivity index (χ1v) is 7.79. The van der Waals surface area contributed by atoms with Gasteiger partial charge in [0.1, 0.15) is 5.75 Å². The molecular weight excluding hydrogens is 328 g/mol. The molecule has 0 aliphatic heterocycles. The van der Waals surface area contributed by atoms with Crippen LogP contribution in [0, 0.1) is 0 Å². The average Bonchev–Trinajstić information content (AvgIpc) is 2.56. The second kappa shape index (κ2) is 8.36. The summed E-state index contributed by atoms with van der Waals surface area (Å²) in [5, 5.41) is 3.35. The van der Waals surface area contributed by atoms with Crippen LogP contribution in [-0.4, -0.2) is 37.4 Å². The molecular formula is C18H19ClN2O3. The molecule has 1 N–H and O–H groups in total. The van der Waals surface area contributed by atoms with Crippen LogP contribution in [0.1, 0.15) is 5.56 Å². The largest absolute Gasteiger partial charge is 0.484 e. The van der Waals surface area contributed by atoms with Crippen molar-refractivity contribution in [1.82, 2.24) is 4.90 Å². The number of anilines is 1.